The fourth-order valence-electron chi connectivity index (χ4n) is 1.69. The van der Waals surface area contributed by atoms with Crippen molar-refractivity contribution >= 4 is 34.4 Å². The molecule has 0 aromatic heterocycles. The summed E-state index contributed by atoms with van der Waals surface area (Å²) in [6, 6.07) is 9.91. The molecule has 1 aliphatic rings. The van der Waals surface area contributed by atoms with Gasteiger partial charge in [-0.05, 0) is 37.5 Å². The van der Waals surface area contributed by atoms with Gasteiger partial charge in [0.25, 0.3) is 0 Å². The summed E-state index contributed by atoms with van der Waals surface area (Å²) in [6.07, 6.45) is 2.26. The summed E-state index contributed by atoms with van der Waals surface area (Å²) < 4.78 is 0. The number of hydrogen-bond acceptors (Lipinski definition) is 3. The summed E-state index contributed by atoms with van der Waals surface area (Å²) >= 11 is 11.2. The van der Waals surface area contributed by atoms with Crippen LogP contribution in [0.2, 0.25) is 5.02 Å². The first kappa shape index (κ1) is 13.2. The third-order valence-electron chi connectivity index (χ3n) is 2.87. The van der Waals surface area contributed by atoms with Crippen molar-refractivity contribution in [3.8, 4) is 6.07 Å². The van der Waals surface area contributed by atoms with Crippen molar-refractivity contribution in [3.63, 3.8) is 0 Å². The van der Waals surface area contributed by atoms with Crippen LogP contribution in [-0.2, 0) is 0 Å². The number of rotatable bonds is 4. The fraction of sp³-hybridized carbons (Fsp3) is 0.357. The molecule has 1 saturated carbocycles. The minimum Gasteiger partial charge on any atom is -0.289 e. The molecule has 1 aromatic carbocycles. The summed E-state index contributed by atoms with van der Waals surface area (Å²) in [6.45, 7) is 1.88. The smallest absolute Gasteiger partial charge is 0.119 e. The van der Waals surface area contributed by atoms with Crippen LogP contribution in [0.5, 0.6) is 0 Å². The van der Waals surface area contributed by atoms with Crippen LogP contribution in [0.15, 0.2) is 29.3 Å². The van der Waals surface area contributed by atoms with Crippen LogP contribution < -0.4 is 0 Å². The standard InChI is InChI=1S/C14H13ClN2S/c1-9(17-12-6-7-12)13(8-16)14(18)10-2-4-11(15)5-3-10/h2-5,12-13H,6-7H2,1H3. The van der Waals surface area contributed by atoms with Gasteiger partial charge in [0, 0.05) is 15.6 Å². The summed E-state index contributed by atoms with van der Waals surface area (Å²) in [4.78, 5) is 5.13. The zero-order valence-electron chi connectivity index (χ0n) is 10.1. The van der Waals surface area contributed by atoms with Crippen molar-refractivity contribution in [2.24, 2.45) is 10.9 Å². The van der Waals surface area contributed by atoms with Gasteiger partial charge in [-0.2, -0.15) is 5.26 Å². The first-order valence-electron chi connectivity index (χ1n) is 5.85. The lowest BCUT2D eigenvalue weighted by Gasteiger charge is -2.11. The van der Waals surface area contributed by atoms with Crippen LogP contribution >= 0.6 is 23.8 Å². The molecule has 0 aliphatic heterocycles. The molecule has 18 heavy (non-hydrogen) atoms. The van der Waals surface area contributed by atoms with Gasteiger partial charge in [-0.25, -0.2) is 0 Å². The number of halogens is 1. The Balaban J connectivity index is 2.19. The minimum atomic E-state index is -0.415. The fourth-order valence-corrected chi connectivity index (χ4v) is 2.17. The molecule has 0 spiro atoms. The molecule has 0 amide bonds. The molecule has 1 aliphatic carbocycles. The molecule has 0 bridgehead atoms. The predicted octanol–water partition coefficient (Wildman–Crippen LogP) is 3.82. The maximum absolute atomic E-state index is 9.27. The average Bonchev–Trinajstić information content (AvgIpc) is 3.14. The van der Waals surface area contributed by atoms with Crippen molar-refractivity contribution in [1.29, 1.82) is 5.26 Å². The number of nitrogens with zero attached hydrogens (tertiary/aromatic N) is 2. The molecule has 1 atom stereocenters. The summed E-state index contributed by atoms with van der Waals surface area (Å²) in [5.74, 6) is -0.415. The van der Waals surface area contributed by atoms with Crippen molar-refractivity contribution < 1.29 is 0 Å². The van der Waals surface area contributed by atoms with Gasteiger partial charge in [0.2, 0.25) is 0 Å². The molecule has 1 fully saturated rings. The number of hydrogen-bond donors (Lipinski definition) is 0. The highest BCUT2D eigenvalue weighted by Gasteiger charge is 2.24. The molecule has 0 saturated heterocycles. The Morgan fingerprint density at radius 2 is 2.06 bits per heavy atom. The SMILES string of the molecule is CC(=NC1CC1)C(C#N)C(=S)c1ccc(Cl)cc1. The third kappa shape index (κ3) is 3.16. The Bertz CT molecular complexity index is 524. The number of nitriles is 1. The van der Waals surface area contributed by atoms with Gasteiger partial charge in [0.1, 0.15) is 5.92 Å². The second-order valence-electron chi connectivity index (χ2n) is 4.43. The van der Waals surface area contributed by atoms with E-state index in [9.17, 15) is 5.26 Å². The lowest BCUT2D eigenvalue weighted by Crippen LogP contribution is -2.20. The summed E-state index contributed by atoms with van der Waals surface area (Å²) in [7, 11) is 0. The molecule has 2 rings (SSSR count). The second kappa shape index (κ2) is 5.60. The molecule has 1 aromatic rings. The minimum absolute atomic E-state index is 0.411. The average molecular weight is 277 g/mol. The van der Waals surface area contributed by atoms with Crippen molar-refractivity contribution in [2.75, 3.05) is 0 Å². The summed E-state index contributed by atoms with van der Waals surface area (Å²) in [5, 5.41) is 9.94. The monoisotopic (exact) mass is 276 g/mol. The predicted molar refractivity (Wildman–Crippen MR) is 78.4 cm³/mol. The Labute approximate surface area is 117 Å². The molecule has 1 unspecified atom stereocenters. The lowest BCUT2D eigenvalue weighted by atomic mass is 9.96. The second-order valence-corrected chi connectivity index (χ2v) is 5.31. The van der Waals surface area contributed by atoms with Gasteiger partial charge in [0.05, 0.1) is 12.1 Å². The lowest BCUT2D eigenvalue weighted by molar-refractivity contribution is 1.03. The van der Waals surface area contributed by atoms with Crippen molar-refractivity contribution in [2.45, 2.75) is 25.8 Å². The van der Waals surface area contributed by atoms with Gasteiger partial charge in [0.15, 0.2) is 0 Å². The highest BCUT2D eigenvalue weighted by molar-refractivity contribution is 7.81. The van der Waals surface area contributed by atoms with Crippen LogP contribution in [-0.4, -0.2) is 16.6 Å². The first-order valence-corrected chi connectivity index (χ1v) is 6.64. The van der Waals surface area contributed by atoms with E-state index in [1.54, 1.807) is 12.1 Å². The largest absolute Gasteiger partial charge is 0.289 e. The molecular weight excluding hydrogens is 264 g/mol. The molecule has 4 heteroatoms. The molecule has 0 radical (unpaired) electrons. The normalized spacial score (nSPS) is 17.1. The first-order chi connectivity index (χ1) is 8.61. The van der Waals surface area contributed by atoms with Crippen LogP contribution in [0, 0.1) is 17.2 Å². The van der Waals surface area contributed by atoms with E-state index in [2.05, 4.69) is 11.1 Å². The zero-order valence-corrected chi connectivity index (χ0v) is 11.6. The number of aliphatic imine (C=N–C) groups is 1. The van der Waals surface area contributed by atoms with Gasteiger partial charge in [-0.3, -0.25) is 4.99 Å². The van der Waals surface area contributed by atoms with E-state index >= 15 is 0 Å². The maximum atomic E-state index is 9.27. The van der Waals surface area contributed by atoms with Crippen LogP contribution in [0.1, 0.15) is 25.3 Å². The van der Waals surface area contributed by atoms with E-state index in [0.717, 1.165) is 24.1 Å². The molecule has 0 N–H and O–H groups in total. The Morgan fingerprint density at radius 3 is 2.56 bits per heavy atom. The maximum Gasteiger partial charge on any atom is 0.119 e. The Morgan fingerprint density at radius 1 is 1.44 bits per heavy atom. The van der Waals surface area contributed by atoms with Gasteiger partial charge >= 0.3 is 0 Å². The van der Waals surface area contributed by atoms with Crippen molar-refractivity contribution in [1.82, 2.24) is 0 Å². The van der Waals surface area contributed by atoms with E-state index in [1.807, 2.05) is 19.1 Å². The molecule has 2 nitrogen and oxygen atoms in total. The van der Waals surface area contributed by atoms with Crippen LogP contribution in [0.4, 0.5) is 0 Å². The quantitative estimate of drug-likeness (QED) is 0.476. The van der Waals surface area contributed by atoms with Gasteiger partial charge < -0.3 is 0 Å². The van der Waals surface area contributed by atoms with E-state index in [1.165, 1.54) is 0 Å². The van der Waals surface area contributed by atoms with Crippen LogP contribution in [0.3, 0.4) is 0 Å². The number of thiocarbonyl (C=S) groups is 1. The Kier molecular flexibility index (Phi) is 4.11. The van der Waals surface area contributed by atoms with E-state index in [4.69, 9.17) is 23.8 Å². The van der Waals surface area contributed by atoms with E-state index in [0.29, 0.717) is 15.9 Å². The molecule has 92 valence electrons. The van der Waals surface area contributed by atoms with Crippen LogP contribution in [0.25, 0.3) is 0 Å². The van der Waals surface area contributed by atoms with Crippen molar-refractivity contribution in [3.05, 3.63) is 34.9 Å². The summed E-state index contributed by atoms with van der Waals surface area (Å²) in [5.41, 5.74) is 1.69. The zero-order chi connectivity index (χ0) is 13.1. The third-order valence-corrected chi connectivity index (χ3v) is 3.59. The molecular formula is C14H13ClN2S. The van der Waals surface area contributed by atoms with Gasteiger partial charge in [-0.15, -0.1) is 0 Å². The topological polar surface area (TPSA) is 36.1 Å². The highest BCUT2D eigenvalue weighted by atomic mass is 35.5. The Hall–Kier alpha value is -1.24. The van der Waals surface area contributed by atoms with Gasteiger partial charge in [-0.1, -0.05) is 36.0 Å². The van der Waals surface area contributed by atoms with E-state index in [-0.39, 0.29) is 0 Å². The van der Waals surface area contributed by atoms with E-state index < -0.39 is 5.92 Å². The molecule has 0 heterocycles. The highest BCUT2D eigenvalue weighted by Crippen LogP contribution is 2.25. The number of benzene rings is 1.